The van der Waals surface area contributed by atoms with E-state index in [1.165, 1.54) is 4.90 Å². The van der Waals surface area contributed by atoms with Crippen LogP contribution in [0, 0.1) is 0 Å². The van der Waals surface area contributed by atoms with Crippen LogP contribution in [0.3, 0.4) is 0 Å². The third kappa shape index (κ3) is 5.94. The summed E-state index contributed by atoms with van der Waals surface area (Å²) in [6.45, 7) is 1.69. The van der Waals surface area contributed by atoms with E-state index in [9.17, 15) is 26.7 Å². The van der Waals surface area contributed by atoms with Crippen molar-refractivity contribution in [1.29, 1.82) is 0 Å². The summed E-state index contributed by atoms with van der Waals surface area (Å²) in [5, 5.41) is 8.49. The lowest BCUT2D eigenvalue weighted by Crippen LogP contribution is -2.42. The Morgan fingerprint density at radius 2 is 1.96 bits per heavy atom. The van der Waals surface area contributed by atoms with E-state index in [-0.39, 0.29) is 30.5 Å². The van der Waals surface area contributed by atoms with Gasteiger partial charge < -0.3 is 15.1 Å². The van der Waals surface area contributed by atoms with Crippen molar-refractivity contribution in [3.63, 3.8) is 0 Å². The summed E-state index contributed by atoms with van der Waals surface area (Å²) in [6, 6.07) is -0.357. The Kier molecular flexibility index (Phi) is 6.73. The molecule has 142 valence electrons. The molecule has 0 radical (unpaired) electrons. The molecule has 0 unspecified atom stereocenters. The molecule has 0 aromatic carbocycles. The first-order valence-corrected chi connectivity index (χ1v) is 8.55. The summed E-state index contributed by atoms with van der Waals surface area (Å²) >= 11 is 0.473. The maximum atomic E-state index is 12.6. The average molecular weight is 387 g/mol. The lowest BCUT2D eigenvalue weighted by molar-refractivity contribution is -0.138. The van der Waals surface area contributed by atoms with Crippen molar-refractivity contribution in [3.8, 4) is 0 Å². The van der Waals surface area contributed by atoms with Crippen LogP contribution in [0.5, 0.6) is 0 Å². The molecule has 1 N–H and O–H groups in total. The summed E-state index contributed by atoms with van der Waals surface area (Å²) in [6.07, 6.45) is -6.43. The molecule has 1 saturated heterocycles. The smallest absolute Gasteiger partial charge is 0.345 e. The zero-order chi connectivity index (χ0) is 18.4. The lowest BCUT2D eigenvalue weighted by Gasteiger charge is -2.21. The predicted octanol–water partition coefficient (Wildman–Crippen LogP) is 2.82. The van der Waals surface area contributed by atoms with Crippen molar-refractivity contribution in [2.45, 2.75) is 31.9 Å². The number of carbonyl (C=O) groups is 1. The van der Waals surface area contributed by atoms with Crippen LogP contribution in [-0.2, 0) is 6.18 Å². The number of nitrogens with zero attached hydrogens (tertiary/aromatic N) is 4. The number of nitrogens with one attached hydrogen (secondary N) is 1. The van der Waals surface area contributed by atoms with Crippen LogP contribution in [0.4, 0.5) is 31.9 Å². The highest BCUT2D eigenvalue weighted by Gasteiger charge is 2.36. The molecule has 1 aromatic heterocycles. The van der Waals surface area contributed by atoms with Gasteiger partial charge in [0.25, 0.3) is 0 Å². The fourth-order valence-corrected chi connectivity index (χ4v) is 3.10. The number of anilines is 1. The van der Waals surface area contributed by atoms with Gasteiger partial charge in [0.1, 0.15) is 0 Å². The fraction of sp³-hybridized carbons (Fsp3) is 0.769. The van der Waals surface area contributed by atoms with Crippen molar-refractivity contribution in [3.05, 3.63) is 5.01 Å². The minimum absolute atomic E-state index is 0.161. The second-order valence-corrected chi connectivity index (χ2v) is 6.44. The zero-order valence-electron chi connectivity index (χ0n) is 13.2. The van der Waals surface area contributed by atoms with E-state index in [1.54, 1.807) is 4.90 Å². The minimum atomic E-state index is -4.52. The first-order chi connectivity index (χ1) is 11.8. The Labute approximate surface area is 145 Å². The van der Waals surface area contributed by atoms with Gasteiger partial charge in [0, 0.05) is 39.1 Å². The molecule has 0 spiro atoms. The fourth-order valence-electron chi connectivity index (χ4n) is 2.33. The Bertz CT molecular complexity index is 567. The molecule has 1 aliphatic rings. The van der Waals surface area contributed by atoms with Gasteiger partial charge in [0.15, 0.2) is 0 Å². The summed E-state index contributed by atoms with van der Waals surface area (Å²) in [4.78, 5) is 15.2. The monoisotopic (exact) mass is 387 g/mol. The van der Waals surface area contributed by atoms with Crippen LogP contribution in [0.1, 0.15) is 24.3 Å². The second kappa shape index (κ2) is 8.59. The lowest BCUT2D eigenvalue weighted by atomic mass is 10.3. The number of amides is 2. The summed E-state index contributed by atoms with van der Waals surface area (Å²) < 4.78 is 61.9. The van der Waals surface area contributed by atoms with Gasteiger partial charge in [-0.15, -0.1) is 10.2 Å². The SMILES string of the molecule is O=C(NCCCC(F)F)N1CCCN(c2nnc(C(F)(F)F)s2)CC1. The standard InChI is InChI=1S/C13H18F5N5OS/c14-9(15)3-1-4-19-11(24)22-5-2-6-23(8-7-22)12-21-20-10(25-12)13(16,17)18/h9H,1-8H2,(H,19,24). The third-order valence-electron chi connectivity index (χ3n) is 3.59. The number of carbonyl (C=O) groups excluding carboxylic acids is 1. The van der Waals surface area contributed by atoms with E-state index in [0.717, 1.165) is 0 Å². The van der Waals surface area contributed by atoms with Crippen LogP contribution in [0.25, 0.3) is 0 Å². The molecule has 6 nitrogen and oxygen atoms in total. The van der Waals surface area contributed by atoms with Gasteiger partial charge >= 0.3 is 12.2 Å². The van der Waals surface area contributed by atoms with E-state index in [4.69, 9.17) is 0 Å². The average Bonchev–Trinajstić information content (AvgIpc) is 2.90. The molecule has 2 rings (SSSR count). The van der Waals surface area contributed by atoms with Gasteiger partial charge in [-0.1, -0.05) is 11.3 Å². The Hall–Kier alpha value is -1.72. The van der Waals surface area contributed by atoms with Crippen molar-refractivity contribution in [1.82, 2.24) is 20.4 Å². The molecular formula is C13H18F5N5OS. The molecule has 12 heteroatoms. The molecule has 2 amide bonds. The van der Waals surface area contributed by atoms with Crippen LogP contribution < -0.4 is 10.2 Å². The molecule has 0 atom stereocenters. The normalized spacial score (nSPS) is 16.2. The largest absolute Gasteiger partial charge is 0.445 e. The van der Waals surface area contributed by atoms with E-state index >= 15 is 0 Å². The van der Waals surface area contributed by atoms with Crippen molar-refractivity contribution < 1.29 is 26.7 Å². The number of hydrogen-bond acceptors (Lipinski definition) is 5. The maximum absolute atomic E-state index is 12.6. The molecule has 1 aromatic rings. The van der Waals surface area contributed by atoms with Gasteiger partial charge in [-0.25, -0.2) is 13.6 Å². The number of rotatable bonds is 5. The van der Waals surface area contributed by atoms with E-state index < -0.39 is 17.6 Å². The summed E-state index contributed by atoms with van der Waals surface area (Å²) in [5.74, 6) is 0. The molecule has 0 saturated carbocycles. The third-order valence-corrected chi connectivity index (χ3v) is 4.61. The van der Waals surface area contributed by atoms with Gasteiger partial charge in [0.05, 0.1) is 0 Å². The number of halogens is 5. The molecule has 0 bridgehead atoms. The van der Waals surface area contributed by atoms with Crippen LogP contribution in [0.2, 0.25) is 0 Å². The Morgan fingerprint density at radius 1 is 1.20 bits per heavy atom. The van der Waals surface area contributed by atoms with E-state index in [2.05, 4.69) is 15.5 Å². The van der Waals surface area contributed by atoms with Crippen LogP contribution >= 0.6 is 11.3 Å². The molecular weight excluding hydrogens is 369 g/mol. The highest BCUT2D eigenvalue weighted by Crippen LogP contribution is 2.34. The van der Waals surface area contributed by atoms with E-state index in [0.29, 0.717) is 43.9 Å². The highest BCUT2D eigenvalue weighted by molar-refractivity contribution is 7.15. The topological polar surface area (TPSA) is 61.4 Å². The maximum Gasteiger partial charge on any atom is 0.445 e. The number of alkyl halides is 5. The number of hydrogen-bond donors (Lipinski definition) is 1. The second-order valence-electron chi connectivity index (χ2n) is 5.48. The van der Waals surface area contributed by atoms with Crippen molar-refractivity contribution in [2.75, 3.05) is 37.6 Å². The predicted molar refractivity (Wildman–Crippen MR) is 82.0 cm³/mol. The molecule has 1 fully saturated rings. The van der Waals surface area contributed by atoms with Gasteiger partial charge in [-0.3, -0.25) is 0 Å². The summed E-state index contributed by atoms with van der Waals surface area (Å²) in [7, 11) is 0. The van der Waals surface area contributed by atoms with Crippen molar-refractivity contribution in [2.24, 2.45) is 0 Å². The van der Waals surface area contributed by atoms with Crippen molar-refractivity contribution >= 4 is 22.5 Å². The van der Waals surface area contributed by atoms with Crippen LogP contribution in [0.15, 0.2) is 0 Å². The minimum Gasteiger partial charge on any atom is -0.345 e. The highest BCUT2D eigenvalue weighted by atomic mass is 32.1. The summed E-state index contributed by atoms with van der Waals surface area (Å²) in [5.41, 5.74) is 0. The van der Waals surface area contributed by atoms with Gasteiger partial charge in [-0.05, 0) is 12.8 Å². The van der Waals surface area contributed by atoms with Gasteiger partial charge in [0.2, 0.25) is 16.6 Å². The van der Waals surface area contributed by atoms with E-state index in [1.807, 2.05) is 0 Å². The number of aromatic nitrogens is 2. The molecule has 25 heavy (non-hydrogen) atoms. The molecule has 2 heterocycles. The first kappa shape index (κ1) is 19.6. The number of urea groups is 1. The molecule has 1 aliphatic heterocycles. The van der Waals surface area contributed by atoms with Gasteiger partial charge in [-0.2, -0.15) is 13.2 Å². The Balaban J connectivity index is 1.83. The first-order valence-electron chi connectivity index (χ1n) is 7.74. The Morgan fingerprint density at radius 3 is 2.60 bits per heavy atom. The zero-order valence-corrected chi connectivity index (χ0v) is 14.0. The quantitative estimate of drug-likeness (QED) is 0.624. The molecule has 0 aliphatic carbocycles. The van der Waals surface area contributed by atoms with Crippen LogP contribution in [-0.4, -0.2) is 60.3 Å².